The van der Waals surface area contributed by atoms with Crippen molar-refractivity contribution in [2.75, 3.05) is 13.1 Å². The molecule has 3 heteroatoms. The van der Waals surface area contributed by atoms with E-state index in [1.165, 1.54) is 12.8 Å². The lowest BCUT2D eigenvalue weighted by molar-refractivity contribution is 0.0116. The zero-order chi connectivity index (χ0) is 14.0. The summed E-state index contributed by atoms with van der Waals surface area (Å²) < 4.78 is 5.41. The van der Waals surface area contributed by atoms with Crippen LogP contribution in [0.4, 0.5) is 4.79 Å². The van der Waals surface area contributed by atoms with E-state index in [0.29, 0.717) is 5.92 Å². The van der Waals surface area contributed by atoms with Gasteiger partial charge < -0.3 is 9.64 Å². The van der Waals surface area contributed by atoms with Gasteiger partial charge in [-0.05, 0) is 58.3 Å². The summed E-state index contributed by atoms with van der Waals surface area (Å²) in [6, 6.07) is 0. The Morgan fingerprint density at radius 1 is 1.21 bits per heavy atom. The fourth-order valence-corrected chi connectivity index (χ4v) is 3.06. The molecule has 0 aromatic rings. The second-order valence-corrected chi connectivity index (χ2v) is 6.90. The molecule has 1 aliphatic heterocycles. The molecule has 2 aliphatic rings. The van der Waals surface area contributed by atoms with Crippen LogP contribution in [0.15, 0.2) is 0 Å². The first-order valence-corrected chi connectivity index (χ1v) is 7.33. The highest BCUT2D eigenvalue weighted by molar-refractivity contribution is 5.68. The van der Waals surface area contributed by atoms with Gasteiger partial charge in [0.25, 0.3) is 0 Å². The summed E-state index contributed by atoms with van der Waals surface area (Å²) in [5.74, 6) is 4.89. The van der Waals surface area contributed by atoms with Gasteiger partial charge in [-0.2, -0.15) is 0 Å². The van der Waals surface area contributed by atoms with E-state index in [4.69, 9.17) is 11.2 Å². The quantitative estimate of drug-likeness (QED) is 0.679. The van der Waals surface area contributed by atoms with Crippen molar-refractivity contribution in [1.29, 1.82) is 0 Å². The Balaban J connectivity index is 1.74. The van der Waals surface area contributed by atoms with Gasteiger partial charge in [-0.1, -0.05) is 0 Å². The van der Waals surface area contributed by atoms with Crippen LogP contribution in [0.1, 0.15) is 46.5 Å². The molecule has 0 N–H and O–H groups in total. The summed E-state index contributed by atoms with van der Waals surface area (Å²) in [6.07, 6.45) is 9.83. The monoisotopic (exact) mass is 263 g/mol. The lowest BCUT2D eigenvalue weighted by atomic mass is 9.66. The predicted octanol–water partition coefficient (Wildman–Crippen LogP) is 3.29. The van der Waals surface area contributed by atoms with Gasteiger partial charge in [0, 0.05) is 19.0 Å². The number of hydrogen-bond donors (Lipinski definition) is 0. The highest BCUT2D eigenvalue weighted by Crippen LogP contribution is 2.42. The highest BCUT2D eigenvalue weighted by atomic mass is 16.6. The molecule has 0 spiro atoms. The molecule has 0 unspecified atom stereocenters. The van der Waals surface area contributed by atoms with Gasteiger partial charge in [0.05, 0.1) is 0 Å². The fraction of sp³-hybridized carbons (Fsp3) is 0.812. The normalized spacial score (nSPS) is 28.4. The Kier molecular flexibility index (Phi) is 4.08. The summed E-state index contributed by atoms with van der Waals surface area (Å²) >= 11 is 0. The number of rotatable bonds is 1. The summed E-state index contributed by atoms with van der Waals surface area (Å²) in [7, 11) is 0. The molecule has 0 radical (unpaired) electrons. The molecular formula is C16H25NO2. The van der Waals surface area contributed by atoms with E-state index in [1.807, 2.05) is 25.7 Å². The maximum atomic E-state index is 11.9. The number of amides is 1. The number of ether oxygens (including phenoxy) is 1. The van der Waals surface area contributed by atoms with Crippen LogP contribution in [0.3, 0.4) is 0 Å². The fourth-order valence-electron chi connectivity index (χ4n) is 3.06. The standard InChI is InChI=1S/C16H25NO2/c1-5-12-10-14(11-12)13-6-8-17(9-7-13)15(18)19-16(2,3)4/h1,12-14H,6-11H2,2-4H3. The van der Waals surface area contributed by atoms with Crippen LogP contribution in [0.5, 0.6) is 0 Å². The van der Waals surface area contributed by atoms with Gasteiger partial charge in [0.15, 0.2) is 0 Å². The Morgan fingerprint density at radius 2 is 1.79 bits per heavy atom. The molecule has 1 aliphatic carbocycles. The smallest absolute Gasteiger partial charge is 0.410 e. The van der Waals surface area contributed by atoms with Crippen molar-refractivity contribution in [1.82, 2.24) is 4.90 Å². The van der Waals surface area contributed by atoms with Crippen molar-refractivity contribution < 1.29 is 9.53 Å². The average molecular weight is 263 g/mol. The van der Waals surface area contributed by atoms with E-state index in [-0.39, 0.29) is 6.09 Å². The lowest BCUT2D eigenvalue weighted by Gasteiger charge is -2.42. The van der Waals surface area contributed by atoms with Gasteiger partial charge in [0.2, 0.25) is 0 Å². The number of carbonyl (C=O) groups excluding carboxylic acids is 1. The van der Waals surface area contributed by atoms with Gasteiger partial charge in [-0.25, -0.2) is 4.79 Å². The average Bonchev–Trinajstić information content (AvgIpc) is 2.26. The predicted molar refractivity (Wildman–Crippen MR) is 75.6 cm³/mol. The molecule has 2 rings (SSSR count). The third kappa shape index (κ3) is 3.65. The third-order valence-electron chi connectivity index (χ3n) is 4.27. The number of hydrogen-bond acceptors (Lipinski definition) is 2. The Bertz CT molecular complexity index is 363. The largest absolute Gasteiger partial charge is 0.444 e. The first-order valence-electron chi connectivity index (χ1n) is 7.33. The van der Waals surface area contributed by atoms with Crippen molar-refractivity contribution in [3.8, 4) is 12.3 Å². The Morgan fingerprint density at radius 3 is 2.26 bits per heavy atom. The van der Waals surface area contributed by atoms with Crippen molar-refractivity contribution in [3.63, 3.8) is 0 Å². The minimum atomic E-state index is -0.401. The van der Waals surface area contributed by atoms with Gasteiger partial charge in [0.1, 0.15) is 5.60 Å². The van der Waals surface area contributed by atoms with Crippen molar-refractivity contribution >= 4 is 6.09 Å². The summed E-state index contributed by atoms with van der Waals surface area (Å²) in [5.41, 5.74) is -0.401. The van der Waals surface area contributed by atoms with E-state index in [1.54, 1.807) is 0 Å². The molecule has 0 aromatic heterocycles. The topological polar surface area (TPSA) is 29.5 Å². The Labute approximate surface area is 116 Å². The van der Waals surface area contributed by atoms with Crippen LogP contribution in [-0.4, -0.2) is 29.7 Å². The van der Waals surface area contributed by atoms with E-state index >= 15 is 0 Å². The maximum absolute atomic E-state index is 11.9. The van der Waals surface area contributed by atoms with E-state index in [2.05, 4.69) is 5.92 Å². The maximum Gasteiger partial charge on any atom is 0.410 e. The molecule has 3 nitrogen and oxygen atoms in total. The molecular weight excluding hydrogens is 238 g/mol. The number of terminal acetylenes is 1. The Hall–Kier alpha value is -1.17. The van der Waals surface area contributed by atoms with E-state index in [0.717, 1.165) is 37.8 Å². The molecule has 0 bridgehead atoms. The van der Waals surface area contributed by atoms with Crippen LogP contribution in [0, 0.1) is 30.1 Å². The number of piperidine rings is 1. The molecule has 1 heterocycles. The molecule has 106 valence electrons. The number of nitrogens with zero attached hydrogens (tertiary/aromatic N) is 1. The van der Waals surface area contributed by atoms with Crippen LogP contribution < -0.4 is 0 Å². The number of carbonyl (C=O) groups is 1. The van der Waals surface area contributed by atoms with Crippen LogP contribution in [0.25, 0.3) is 0 Å². The first-order chi connectivity index (χ1) is 8.89. The second-order valence-electron chi connectivity index (χ2n) is 6.90. The molecule has 19 heavy (non-hydrogen) atoms. The summed E-state index contributed by atoms with van der Waals surface area (Å²) in [5, 5.41) is 0. The van der Waals surface area contributed by atoms with E-state index in [9.17, 15) is 4.79 Å². The van der Waals surface area contributed by atoms with Crippen LogP contribution in [-0.2, 0) is 4.74 Å². The summed E-state index contributed by atoms with van der Waals surface area (Å²) in [6.45, 7) is 7.39. The molecule has 2 fully saturated rings. The lowest BCUT2D eigenvalue weighted by Crippen LogP contribution is -2.44. The van der Waals surface area contributed by atoms with Gasteiger partial charge in [-0.3, -0.25) is 0 Å². The van der Waals surface area contributed by atoms with Gasteiger partial charge >= 0.3 is 6.09 Å². The third-order valence-corrected chi connectivity index (χ3v) is 4.27. The zero-order valence-corrected chi connectivity index (χ0v) is 12.3. The molecule has 1 saturated carbocycles. The molecule has 0 aromatic carbocycles. The first kappa shape index (κ1) is 14.2. The van der Waals surface area contributed by atoms with Gasteiger partial charge in [-0.15, -0.1) is 12.3 Å². The highest BCUT2D eigenvalue weighted by Gasteiger charge is 2.36. The summed E-state index contributed by atoms with van der Waals surface area (Å²) in [4.78, 5) is 13.8. The van der Waals surface area contributed by atoms with Crippen LogP contribution in [0.2, 0.25) is 0 Å². The van der Waals surface area contributed by atoms with Crippen molar-refractivity contribution in [3.05, 3.63) is 0 Å². The minimum absolute atomic E-state index is 0.166. The van der Waals surface area contributed by atoms with Crippen molar-refractivity contribution in [2.24, 2.45) is 17.8 Å². The number of likely N-dealkylation sites (tertiary alicyclic amines) is 1. The molecule has 1 saturated heterocycles. The van der Waals surface area contributed by atoms with E-state index < -0.39 is 5.60 Å². The van der Waals surface area contributed by atoms with Crippen molar-refractivity contribution in [2.45, 2.75) is 52.1 Å². The zero-order valence-electron chi connectivity index (χ0n) is 12.3. The van der Waals surface area contributed by atoms with Crippen LogP contribution >= 0.6 is 0 Å². The SMILES string of the molecule is C#CC1CC(C2CCN(C(=O)OC(C)(C)C)CC2)C1. The molecule has 0 atom stereocenters. The molecule has 1 amide bonds. The second kappa shape index (κ2) is 5.45. The minimum Gasteiger partial charge on any atom is -0.444 e.